The van der Waals surface area contributed by atoms with Crippen molar-refractivity contribution in [3.05, 3.63) is 15.6 Å². The predicted molar refractivity (Wildman–Crippen MR) is 71.7 cm³/mol. The van der Waals surface area contributed by atoms with Crippen molar-refractivity contribution in [1.29, 1.82) is 0 Å². The molecular formula is C11H18ClN3OS. The molecule has 2 rings (SSSR count). The molecule has 1 aliphatic heterocycles. The van der Waals surface area contributed by atoms with E-state index in [2.05, 4.69) is 15.6 Å². The van der Waals surface area contributed by atoms with Crippen LogP contribution in [0.25, 0.3) is 0 Å². The first-order valence-corrected chi connectivity index (χ1v) is 6.42. The van der Waals surface area contributed by atoms with Gasteiger partial charge in [-0.05, 0) is 33.2 Å². The monoisotopic (exact) mass is 275 g/mol. The summed E-state index contributed by atoms with van der Waals surface area (Å²) >= 11 is 1.65. The average molecular weight is 276 g/mol. The van der Waals surface area contributed by atoms with Crippen LogP contribution in [0.2, 0.25) is 0 Å². The number of thiazole rings is 1. The number of hydrogen-bond donors (Lipinski definition) is 2. The van der Waals surface area contributed by atoms with E-state index in [0.29, 0.717) is 6.54 Å². The van der Waals surface area contributed by atoms with Crippen molar-refractivity contribution in [1.82, 2.24) is 15.6 Å². The maximum atomic E-state index is 11.7. The average Bonchev–Trinajstić information content (AvgIpc) is 2.84. The van der Waals surface area contributed by atoms with Crippen LogP contribution in [0.1, 0.15) is 28.4 Å². The maximum absolute atomic E-state index is 11.7. The SMILES string of the molecule is Cc1nc(C)c(CNC(=O)[C@@H]2CCCN2)s1.Cl. The van der Waals surface area contributed by atoms with Crippen LogP contribution in [0.4, 0.5) is 0 Å². The number of nitrogens with zero attached hydrogens (tertiary/aromatic N) is 1. The summed E-state index contributed by atoms with van der Waals surface area (Å²) in [5.41, 5.74) is 1.03. The molecule has 2 heterocycles. The molecule has 6 heteroatoms. The Labute approximate surface area is 112 Å². The Bertz CT molecular complexity index is 388. The van der Waals surface area contributed by atoms with Crippen molar-refractivity contribution in [2.45, 2.75) is 39.3 Å². The van der Waals surface area contributed by atoms with Gasteiger partial charge in [0.15, 0.2) is 0 Å². The molecule has 0 unspecified atom stereocenters. The number of amides is 1. The van der Waals surface area contributed by atoms with E-state index in [4.69, 9.17) is 0 Å². The number of carbonyl (C=O) groups is 1. The fourth-order valence-electron chi connectivity index (χ4n) is 1.94. The minimum absolute atomic E-state index is 0. The molecule has 1 atom stereocenters. The molecule has 17 heavy (non-hydrogen) atoms. The van der Waals surface area contributed by atoms with E-state index in [0.717, 1.165) is 35.0 Å². The third-order valence-electron chi connectivity index (χ3n) is 2.80. The van der Waals surface area contributed by atoms with E-state index >= 15 is 0 Å². The third-order valence-corrected chi connectivity index (χ3v) is 3.87. The van der Waals surface area contributed by atoms with E-state index in [1.807, 2.05) is 13.8 Å². The van der Waals surface area contributed by atoms with E-state index in [-0.39, 0.29) is 24.4 Å². The van der Waals surface area contributed by atoms with E-state index in [9.17, 15) is 4.79 Å². The van der Waals surface area contributed by atoms with Crippen molar-refractivity contribution in [2.24, 2.45) is 0 Å². The molecule has 0 aromatic carbocycles. The number of hydrogen-bond acceptors (Lipinski definition) is 4. The predicted octanol–water partition coefficient (Wildman–Crippen LogP) is 1.55. The second-order valence-electron chi connectivity index (χ2n) is 4.11. The number of aromatic nitrogens is 1. The Morgan fingerprint density at radius 3 is 2.88 bits per heavy atom. The number of nitrogens with one attached hydrogen (secondary N) is 2. The molecule has 1 fully saturated rings. The molecule has 1 saturated heterocycles. The fourth-order valence-corrected chi connectivity index (χ4v) is 2.81. The Balaban J connectivity index is 0.00000144. The van der Waals surface area contributed by atoms with Crippen LogP contribution in [0.15, 0.2) is 0 Å². The van der Waals surface area contributed by atoms with Gasteiger partial charge in [0.2, 0.25) is 5.91 Å². The highest BCUT2D eigenvalue weighted by Gasteiger charge is 2.21. The standard InChI is InChI=1S/C11H17N3OS.ClH/c1-7-10(16-8(2)14-7)6-13-11(15)9-4-3-5-12-9;/h9,12H,3-6H2,1-2H3,(H,13,15);1H/t9-;/m0./s1. The molecule has 0 radical (unpaired) electrons. The molecule has 1 aromatic rings. The highest BCUT2D eigenvalue weighted by Crippen LogP contribution is 2.16. The largest absolute Gasteiger partial charge is 0.350 e. The van der Waals surface area contributed by atoms with Crippen LogP contribution >= 0.6 is 23.7 Å². The lowest BCUT2D eigenvalue weighted by molar-refractivity contribution is -0.122. The van der Waals surface area contributed by atoms with Crippen LogP contribution in [-0.4, -0.2) is 23.5 Å². The highest BCUT2D eigenvalue weighted by atomic mass is 35.5. The lowest BCUT2D eigenvalue weighted by Crippen LogP contribution is -2.39. The summed E-state index contributed by atoms with van der Waals surface area (Å²) in [4.78, 5) is 17.2. The first-order valence-electron chi connectivity index (χ1n) is 5.61. The minimum Gasteiger partial charge on any atom is -0.350 e. The van der Waals surface area contributed by atoms with Gasteiger partial charge in [0.25, 0.3) is 0 Å². The molecular weight excluding hydrogens is 258 g/mol. The van der Waals surface area contributed by atoms with Crippen molar-refractivity contribution in [3.63, 3.8) is 0 Å². The summed E-state index contributed by atoms with van der Waals surface area (Å²) in [6.07, 6.45) is 2.04. The number of aryl methyl sites for hydroxylation is 2. The van der Waals surface area contributed by atoms with Crippen molar-refractivity contribution < 1.29 is 4.79 Å². The van der Waals surface area contributed by atoms with Gasteiger partial charge in [-0.1, -0.05) is 0 Å². The second-order valence-corrected chi connectivity index (χ2v) is 5.40. The zero-order valence-electron chi connectivity index (χ0n) is 10.1. The third kappa shape index (κ3) is 3.66. The summed E-state index contributed by atoms with van der Waals surface area (Å²) < 4.78 is 0. The summed E-state index contributed by atoms with van der Waals surface area (Å²) in [6.45, 7) is 5.53. The normalized spacial score (nSPS) is 18.8. The Morgan fingerprint density at radius 1 is 1.59 bits per heavy atom. The van der Waals surface area contributed by atoms with Gasteiger partial charge in [-0.2, -0.15) is 0 Å². The lowest BCUT2D eigenvalue weighted by atomic mass is 10.2. The first-order chi connectivity index (χ1) is 7.66. The minimum atomic E-state index is 0. The number of halogens is 1. The van der Waals surface area contributed by atoms with E-state index < -0.39 is 0 Å². The van der Waals surface area contributed by atoms with E-state index in [1.165, 1.54) is 0 Å². The summed E-state index contributed by atoms with van der Waals surface area (Å²) in [7, 11) is 0. The summed E-state index contributed by atoms with van der Waals surface area (Å²) in [5.74, 6) is 0.114. The molecule has 1 amide bonds. The Morgan fingerprint density at radius 2 is 2.35 bits per heavy atom. The molecule has 1 aromatic heterocycles. The van der Waals surface area contributed by atoms with Gasteiger partial charge in [-0.25, -0.2) is 4.98 Å². The Kier molecular flexibility index (Phi) is 5.36. The van der Waals surface area contributed by atoms with Crippen LogP contribution in [-0.2, 0) is 11.3 Å². The van der Waals surface area contributed by atoms with Gasteiger partial charge in [-0.15, -0.1) is 23.7 Å². The van der Waals surface area contributed by atoms with Crippen molar-refractivity contribution >= 4 is 29.7 Å². The van der Waals surface area contributed by atoms with Crippen LogP contribution < -0.4 is 10.6 Å². The second kappa shape index (κ2) is 6.33. The lowest BCUT2D eigenvalue weighted by Gasteiger charge is -2.10. The number of rotatable bonds is 3. The van der Waals surface area contributed by atoms with Crippen LogP contribution in [0, 0.1) is 13.8 Å². The quantitative estimate of drug-likeness (QED) is 0.880. The van der Waals surface area contributed by atoms with Gasteiger partial charge in [0, 0.05) is 4.88 Å². The van der Waals surface area contributed by atoms with Gasteiger partial charge in [-0.3, -0.25) is 4.79 Å². The van der Waals surface area contributed by atoms with Crippen LogP contribution in [0.3, 0.4) is 0 Å². The fraction of sp³-hybridized carbons (Fsp3) is 0.636. The van der Waals surface area contributed by atoms with Gasteiger partial charge in [0.1, 0.15) is 0 Å². The number of carbonyl (C=O) groups excluding carboxylic acids is 1. The molecule has 1 aliphatic rings. The van der Waals surface area contributed by atoms with Crippen molar-refractivity contribution in [2.75, 3.05) is 6.54 Å². The molecule has 4 nitrogen and oxygen atoms in total. The molecule has 96 valence electrons. The zero-order chi connectivity index (χ0) is 11.5. The molecule has 0 spiro atoms. The molecule has 2 N–H and O–H groups in total. The smallest absolute Gasteiger partial charge is 0.237 e. The van der Waals surface area contributed by atoms with Gasteiger partial charge in [0.05, 0.1) is 23.3 Å². The first kappa shape index (κ1) is 14.4. The van der Waals surface area contributed by atoms with Crippen LogP contribution in [0.5, 0.6) is 0 Å². The van der Waals surface area contributed by atoms with E-state index in [1.54, 1.807) is 11.3 Å². The Hall–Kier alpha value is -0.650. The van der Waals surface area contributed by atoms with Crippen molar-refractivity contribution in [3.8, 4) is 0 Å². The van der Waals surface area contributed by atoms with Gasteiger partial charge < -0.3 is 10.6 Å². The zero-order valence-corrected chi connectivity index (χ0v) is 11.7. The maximum Gasteiger partial charge on any atom is 0.237 e. The summed E-state index contributed by atoms with van der Waals surface area (Å²) in [5, 5.41) is 7.21. The molecule has 0 saturated carbocycles. The highest BCUT2D eigenvalue weighted by molar-refractivity contribution is 7.11. The van der Waals surface area contributed by atoms with Gasteiger partial charge >= 0.3 is 0 Å². The summed E-state index contributed by atoms with van der Waals surface area (Å²) in [6, 6.07) is 0.00863. The molecule has 0 aliphatic carbocycles. The topological polar surface area (TPSA) is 54.0 Å². The molecule has 0 bridgehead atoms.